The van der Waals surface area contributed by atoms with E-state index in [1.165, 1.54) is 44.6 Å². The first-order valence-electron chi connectivity index (χ1n) is 7.80. The lowest BCUT2D eigenvalue weighted by molar-refractivity contribution is -0.129. The summed E-state index contributed by atoms with van der Waals surface area (Å²) in [5.74, 6) is 0.544. The minimum Gasteiger partial charge on any atom is -0.493 e. The molecule has 0 bridgehead atoms. The highest BCUT2D eigenvalue weighted by molar-refractivity contribution is 6.13. The lowest BCUT2D eigenvalue weighted by atomic mass is 10.2. The molecular weight excluding hydrogens is 360 g/mol. The fourth-order valence-electron chi connectivity index (χ4n) is 2.41. The van der Waals surface area contributed by atoms with E-state index >= 15 is 0 Å². The maximum Gasteiger partial charge on any atom is 0.387 e. The van der Waals surface area contributed by atoms with Crippen molar-refractivity contribution in [1.82, 2.24) is 0 Å². The van der Waals surface area contributed by atoms with E-state index in [2.05, 4.69) is 9.73 Å². The minimum absolute atomic E-state index is 0.0238. The molecule has 0 saturated heterocycles. The fourth-order valence-corrected chi connectivity index (χ4v) is 2.41. The number of methoxy groups -OCH3 is 2. The Bertz CT molecular complexity index is 907. The quantitative estimate of drug-likeness (QED) is 0.570. The summed E-state index contributed by atoms with van der Waals surface area (Å²) in [5.41, 5.74) is 1.22. The summed E-state index contributed by atoms with van der Waals surface area (Å²) in [6, 6.07) is 10.8. The molecule has 6 nitrogen and oxygen atoms in total. The first kappa shape index (κ1) is 18.4. The molecule has 0 fully saturated rings. The lowest BCUT2D eigenvalue weighted by Crippen LogP contribution is -2.06. The summed E-state index contributed by atoms with van der Waals surface area (Å²) in [6.45, 7) is -2.90. The van der Waals surface area contributed by atoms with Gasteiger partial charge in [0.25, 0.3) is 0 Å². The van der Waals surface area contributed by atoms with Crippen LogP contribution in [0.4, 0.5) is 8.78 Å². The molecule has 140 valence electrons. The molecule has 0 aliphatic carbocycles. The number of hydrogen-bond acceptors (Lipinski definition) is 6. The van der Waals surface area contributed by atoms with Crippen LogP contribution in [-0.4, -0.2) is 32.7 Å². The average Bonchev–Trinajstić information content (AvgIpc) is 3.02. The van der Waals surface area contributed by atoms with Crippen molar-refractivity contribution in [1.29, 1.82) is 0 Å². The van der Waals surface area contributed by atoms with Crippen LogP contribution < -0.4 is 14.2 Å². The van der Waals surface area contributed by atoms with Crippen LogP contribution in [0.5, 0.6) is 17.2 Å². The molecule has 1 heterocycles. The van der Waals surface area contributed by atoms with Crippen molar-refractivity contribution >= 4 is 17.9 Å². The largest absolute Gasteiger partial charge is 0.493 e. The number of hydrogen-bond donors (Lipinski definition) is 0. The number of cyclic esters (lactones) is 1. The van der Waals surface area contributed by atoms with E-state index in [-0.39, 0.29) is 17.3 Å². The van der Waals surface area contributed by atoms with Crippen molar-refractivity contribution in [3.8, 4) is 17.2 Å². The number of halogens is 2. The Kier molecular flexibility index (Phi) is 5.35. The number of carbonyl (C=O) groups excluding carboxylic acids is 1. The van der Waals surface area contributed by atoms with Crippen LogP contribution in [0, 0.1) is 0 Å². The summed E-state index contributed by atoms with van der Waals surface area (Å²) < 4.78 is 44.2. The van der Waals surface area contributed by atoms with E-state index in [1.807, 2.05) is 0 Å². The first-order valence-corrected chi connectivity index (χ1v) is 7.80. The Hall–Kier alpha value is -3.42. The number of ether oxygens (including phenoxy) is 4. The summed E-state index contributed by atoms with van der Waals surface area (Å²) in [6.07, 6.45) is 1.49. The van der Waals surface area contributed by atoms with Gasteiger partial charge in [0, 0.05) is 5.56 Å². The summed E-state index contributed by atoms with van der Waals surface area (Å²) in [5, 5.41) is 0. The molecule has 8 heteroatoms. The molecule has 0 atom stereocenters. The second kappa shape index (κ2) is 7.86. The van der Waals surface area contributed by atoms with E-state index in [4.69, 9.17) is 14.2 Å². The van der Waals surface area contributed by atoms with Crippen LogP contribution in [0.25, 0.3) is 6.08 Å². The standard InChI is InChI=1S/C19H15F2NO5/c1-24-15-8-5-12(10-16(15)25-2)17-22-14(18(23)27-17)9-11-3-6-13(7-4-11)26-19(20)21/h3-10,19H,1-2H3. The highest BCUT2D eigenvalue weighted by atomic mass is 19.3. The van der Waals surface area contributed by atoms with Gasteiger partial charge in [-0.15, -0.1) is 0 Å². The smallest absolute Gasteiger partial charge is 0.387 e. The maximum atomic E-state index is 12.2. The van der Waals surface area contributed by atoms with Crippen LogP contribution in [0.3, 0.4) is 0 Å². The van der Waals surface area contributed by atoms with Crippen molar-refractivity contribution in [2.24, 2.45) is 4.99 Å². The second-order valence-corrected chi connectivity index (χ2v) is 5.35. The third kappa shape index (κ3) is 4.22. The maximum absolute atomic E-state index is 12.2. The van der Waals surface area contributed by atoms with E-state index < -0.39 is 12.6 Å². The Labute approximate surface area is 153 Å². The molecule has 0 aromatic heterocycles. The highest BCUT2D eigenvalue weighted by Crippen LogP contribution is 2.29. The van der Waals surface area contributed by atoms with Crippen molar-refractivity contribution in [3.63, 3.8) is 0 Å². The third-order valence-corrected chi connectivity index (χ3v) is 3.66. The molecule has 27 heavy (non-hydrogen) atoms. The van der Waals surface area contributed by atoms with Gasteiger partial charge in [0.1, 0.15) is 5.75 Å². The van der Waals surface area contributed by atoms with Gasteiger partial charge < -0.3 is 18.9 Å². The number of nitrogens with zero attached hydrogens (tertiary/aromatic N) is 1. The SMILES string of the molecule is COc1ccc(C2=NC(=Cc3ccc(OC(F)F)cc3)C(=O)O2)cc1OC. The molecule has 2 aromatic rings. The molecule has 3 rings (SSSR count). The molecule has 0 amide bonds. The van der Waals surface area contributed by atoms with Crippen molar-refractivity contribution in [2.45, 2.75) is 6.61 Å². The van der Waals surface area contributed by atoms with Crippen LogP contribution in [0.2, 0.25) is 0 Å². The number of esters is 1. The van der Waals surface area contributed by atoms with Crippen LogP contribution in [0.1, 0.15) is 11.1 Å². The summed E-state index contributed by atoms with van der Waals surface area (Å²) in [4.78, 5) is 16.3. The van der Waals surface area contributed by atoms with E-state index in [0.717, 1.165) is 0 Å². The predicted molar refractivity (Wildman–Crippen MR) is 93.2 cm³/mol. The Morgan fingerprint density at radius 2 is 1.74 bits per heavy atom. The third-order valence-electron chi connectivity index (χ3n) is 3.66. The van der Waals surface area contributed by atoms with E-state index in [0.29, 0.717) is 22.6 Å². The Morgan fingerprint density at radius 3 is 2.37 bits per heavy atom. The van der Waals surface area contributed by atoms with Crippen LogP contribution in [-0.2, 0) is 9.53 Å². The number of benzene rings is 2. The normalized spacial score (nSPS) is 14.9. The number of rotatable bonds is 6. The molecular formula is C19H15F2NO5. The summed E-state index contributed by atoms with van der Waals surface area (Å²) >= 11 is 0. The molecule has 1 aliphatic heterocycles. The van der Waals surface area contributed by atoms with Crippen molar-refractivity contribution in [2.75, 3.05) is 14.2 Å². The van der Waals surface area contributed by atoms with Gasteiger partial charge in [-0.3, -0.25) is 0 Å². The molecule has 0 radical (unpaired) electrons. The molecule has 0 saturated carbocycles. The predicted octanol–water partition coefficient (Wildman–Crippen LogP) is 3.65. The zero-order valence-electron chi connectivity index (χ0n) is 14.4. The zero-order valence-corrected chi connectivity index (χ0v) is 14.4. The van der Waals surface area contributed by atoms with E-state index in [9.17, 15) is 13.6 Å². The molecule has 0 spiro atoms. The highest BCUT2D eigenvalue weighted by Gasteiger charge is 2.25. The van der Waals surface area contributed by atoms with Gasteiger partial charge in [0.15, 0.2) is 17.2 Å². The van der Waals surface area contributed by atoms with Gasteiger partial charge in [0.05, 0.1) is 14.2 Å². The topological polar surface area (TPSA) is 66.4 Å². The van der Waals surface area contributed by atoms with Gasteiger partial charge in [-0.2, -0.15) is 8.78 Å². The average molecular weight is 375 g/mol. The van der Waals surface area contributed by atoms with Gasteiger partial charge in [-0.25, -0.2) is 9.79 Å². The molecule has 0 unspecified atom stereocenters. The fraction of sp³-hybridized carbons (Fsp3) is 0.158. The lowest BCUT2D eigenvalue weighted by Gasteiger charge is -2.08. The monoisotopic (exact) mass is 375 g/mol. The molecule has 1 aliphatic rings. The van der Waals surface area contributed by atoms with Crippen molar-refractivity contribution in [3.05, 3.63) is 59.3 Å². The van der Waals surface area contributed by atoms with Gasteiger partial charge in [-0.05, 0) is 42.0 Å². The van der Waals surface area contributed by atoms with Crippen LogP contribution >= 0.6 is 0 Å². The first-order chi connectivity index (χ1) is 13.0. The minimum atomic E-state index is -2.90. The van der Waals surface area contributed by atoms with Gasteiger partial charge in [-0.1, -0.05) is 12.1 Å². The van der Waals surface area contributed by atoms with E-state index in [1.54, 1.807) is 18.2 Å². The Balaban J connectivity index is 1.84. The number of alkyl halides is 2. The van der Waals surface area contributed by atoms with Crippen LogP contribution in [0.15, 0.2) is 53.2 Å². The Morgan fingerprint density at radius 1 is 1.04 bits per heavy atom. The van der Waals surface area contributed by atoms with Crippen molar-refractivity contribution < 1.29 is 32.5 Å². The van der Waals surface area contributed by atoms with Gasteiger partial charge >= 0.3 is 12.6 Å². The van der Waals surface area contributed by atoms with Gasteiger partial charge in [0.2, 0.25) is 5.90 Å². The number of aliphatic imine (C=N–C) groups is 1. The molecule has 0 N–H and O–H groups in total. The zero-order chi connectivity index (χ0) is 19.4. The molecule has 2 aromatic carbocycles. The second-order valence-electron chi connectivity index (χ2n) is 5.35. The summed E-state index contributed by atoms with van der Waals surface area (Å²) in [7, 11) is 3.01. The number of carbonyl (C=O) groups is 1.